The van der Waals surface area contributed by atoms with Crippen LogP contribution in [-0.4, -0.2) is 44.9 Å². The molecule has 1 saturated heterocycles. The fourth-order valence-electron chi connectivity index (χ4n) is 4.46. The summed E-state index contributed by atoms with van der Waals surface area (Å²) in [5.41, 5.74) is 0.293. The second-order valence-electron chi connectivity index (χ2n) is 9.18. The number of carbonyl (C=O) groups excluding carboxylic acids is 3. The molecule has 1 fully saturated rings. The van der Waals surface area contributed by atoms with Gasteiger partial charge in [-0.05, 0) is 53.6 Å². The van der Waals surface area contributed by atoms with Gasteiger partial charge in [-0.2, -0.15) is 13.2 Å². The Labute approximate surface area is 235 Å². The van der Waals surface area contributed by atoms with Crippen LogP contribution in [0.15, 0.2) is 71.6 Å². The molecule has 0 aliphatic carbocycles. The van der Waals surface area contributed by atoms with E-state index in [9.17, 15) is 37.7 Å². The third-order valence-electron chi connectivity index (χ3n) is 6.56. The molecule has 9 nitrogen and oxygen atoms in total. The van der Waals surface area contributed by atoms with Crippen molar-refractivity contribution in [2.75, 3.05) is 13.1 Å². The Kier molecular flexibility index (Phi) is 7.54. The Morgan fingerprint density at radius 2 is 1.73 bits per heavy atom. The van der Waals surface area contributed by atoms with Crippen molar-refractivity contribution in [3.8, 4) is 11.5 Å². The van der Waals surface area contributed by atoms with Gasteiger partial charge in [0.2, 0.25) is 11.7 Å². The molecule has 5 rings (SSSR count). The molecule has 2 heterocycles. The fourth-order valence-corrected chi connectivity index (χ4v) is 5.28. The number of alkyl halides is 3. The third-order valence-corrected chi connectivity index (χ3v) is 7.47. The summed E-state index contributed by atoms with van der Waals surface area (Å²) < 4.78 is 44.8. The van der Waals surface area contributed by atoms with Crippen molar-refractivity contribution >= 4 is 40.6 Å². The number of nitro groups is 1. The zero-order chi connectivity index (χ0) is 29.3. The summed E-state index contributed by atoms with van der Waals surface area (Å²) in [5.74, 6) is -1.50. The second kappa shape index (κ2) is 11.1. The van der Waals surface area contributed by atoms with E-state index < -0.39 is 45.8 Å². The minimum atomic E-state index is -4.79. The number of nitrogens with zero attached hydrogens (tertiary/aromatic N) is 3. The third kappa shape index (κ3) is 5.94. The number of nitro benzene ring substituents is 1. The molecule has 0 unspecified atom stereocenters. The van der Waals surface area contributed by atoms with Crippen LogP contribution < -0.4 is 4.74 Å². The highest BCUT2D eigenvalue weighted by molar-refractivity contribution is 8.18. The molecular formula is C28H20F3N3O6S. The SMILES string of the molecule is O=C(CN1C(=O)S/C(=C/c2ccccc2Oc2ccc(C(F)(F)F)cc2[N+](=O)[O-])C1=O)N1CCc2ccccc2C1. The molecule has 0 aromatic heterocycles. The summed E-state index contributed by atoms with van der Waals surface area (Å²) in [4.78, 5) is 51.6. The van der Waals surface area contributed by atoms with Crippen LogP contribution in [0, 0.1) is 10.1 Å². The highest BCUT2D eigenvalue weighted by atomic mass is 32.2. The van der Waals surface area contributed by atoms with Crippen molar-refractivity contribution in [2.45, 2.75) is 19.1 Å². The summed E-state index contributed by atoms with van der Waals surface area (Å²) >= 11 is 0.621. The summed E-state index contributed by atoms with van der Waals surface area (Å²) in [6.07, 6.45) is -2.79. The van der Waals surface area contributed by atoms with E-state index in [1.807, 2.05) is 24.3 Å². The van der Waals surface area contributed by atoms with Gasteiger partial charge in [0.05, 0.1) is 15.4 Å². The number of hydrogen-bond acceptors (Lipinski definition) is 7. The lowest BCUT2D eigenvalue weighted by Gasteiger charge is -2.29. The van der Waals surface area contributed by atoms with E-state index in [-0.39, 0.29) is 22.1 Å². The molecule has 2 aliphatic heterocycles. The number of rotatable bonds is 6. The standard InChI is InChI=1S/C28H20F3N3O6S/c29-28(30,31)20-9-10-23(21(14-20)34(38)39)40-22-8-4-3-6-18(22)13-24-26(36)33(27(37)41-24)16-25(35)32-12-11-17-5-1-2-7-19(17)15-32/h1-10,13-14H,11-12,15-16H2/b24-13+. The largest absolute Gasteiger partial charge is 0.449 e. The number of imide groups is 1. The highest BCUT2D eigenvalue weighted by Gasteiger charge is 2.38. The molecule has 0 bridgehead atoms. The number of benzene rings is 3. The van der Waals surface area contributed by atoms with Crippen molar-refractivity contribution in [3.63, 3.8) is 0 Å². The molecule has 3 amide bonds. The van der Waals surface area contributed by atoms with Crippen molar-refractivity contribution in [3.05, 3.63) is 104 Å². The van der Waals surface area contributed by atoms with Crippen LogP contribution in [0.4, 0.5) is 23.7 Å². The van der Waals surface area contributed by atoms with Crippen LogP contribution in [0.1, 0.15) is 22.3 Å². The zero-order valence-electron chi connectivity index (χ0n) is 21.1. The van der Waals surface area contributed by atoms with Gasteiger partial charge < -0.3 is 9.64 Å². The average molecular weight is 584 g/mol. The van der Waals surface area contributed by atoms with E-state index in [2.05, 4.69) is 0 Å². The molecule has 2 aliphatic rings. The summed E-state index contributed by atoms with van der Waals surface area (Å²) in [5, 5.41) is 10.8. The first-order valence-electron chi connectivity index (χ1n) is 12.2. The van der Waals surface area contributed by atoms with Crippen molar-refractivity contribution in [1.29, 1.82) is 0 Å². The minimum Gasteiger partial charge on any atom is -0.449 e. The number of halogens is 3. The van der Waals surface area contributed by atoms with Gasteiger partial charge >= 0.3 is 11.9 Å². The number of carbonyl (C=O) groups is 3. The minimum absolute atomic E-state index is 0.00483. The smallest absolute Gasteiger partial charge is 0.416 e. The van der Waals surface area contributed by atoms with Gasteiger partial charge in [-0.25, -0.2) is 0 Å². The van der Waals surface area contributed by atoms with Crippen LogP contribution >= 0.6 is 11.8 Å². The molecule has 0 spiro atoms. The topological polar surface area (TPSA) is 110 Å². The van der Waals surface area contributed by atoms with Gasteiger partial charge in [0.15, 0.2) is 0 Å². The molecule has 41 heavy (non-hydrogen) atoms. The Balaban J connectivity index is 1.34. The van der Waals surface area contributed by atoms with Crippen molar-refractivity contribution < 1.29 is 37.2 Å². The molecule has 210 valence electrons. The number of hydrogen-bond donors (Lipinski definition) is 0. The second-order valence-corrected chi connectivity index (χ2v) is 10.2. The van der Waals surface area contributed by atoms with Crippen molar-refractivity contribution in [1.82, 2.24) is 9.80 Å². The first-order chi connectivity index (χ1) is 19.5. The Bertz CT molecular complexity index is 1610. The van der Waals surface area contributed by atoms with Gasteiger partial charge in [0, 0.05) is 24.7 Å². The zero-order valence-corrected chi connectivity index (χ0v) is 21.9. The van der Waals surface area contributed by atoms with E-state index >= 15 is 0 Å². The van der Waals surface area contributed by atoms with E-state index in [4.69, 9.17) is 4.74 Å². The molecule has 3 aromatic carbocycles. The van der Waals surface area contributed by atoms with E-state index in [0.717, 1.165) is 22.1 Å². The Morgan fingerprint density at radius 1 is 1.02 bits per heavy atom. The molecular weight excluding hydrogens is 563 g/mol. The van der Waals surface area contributed by atoms with Crippen LogP contribution in [0.2, 0.25) is 0 Å². The lowest BCUT2D eigenvalue weighted by atomic mass is 10.00. The van der Waals surface area contributed by atoms with E-state index in [0.29, 0.717) is 43.4 Å². The quantitative estimate of drug-likeness (QED) is 0.198. The summed E-state index contributed by atoms with van der Waals surface area (Å²) in [7, 11) is 0. The first kappa shape index (κ1) is 27.9. The van der Waals surface area contributed by atoms with Crippen LogP contribution in [-0.2, 0) is 28.7 Å². The number of para-hydroxylation sites is 1. The highest BCUT2D eigenvalue weighted by Crippen LogP contribution is 2.40. The molecule has 0 saturated carbocycles. The predicted octanol–water partition coefficient (Wildman–Crippen LogP) is 6.03. The lowest BCUT2D eigenvalue weighted by Crippen LogP contribution is -2.44. The maximum absolute atomic E-state index is 13.1. The lowest BCUT2D eigenvalue weighted by molar-refractivity contribution is -0.385. The number of thioether (sulfide) groups is 1. The molecule has 13 heteroatoms. The molecule has 0 radical (unpaired) electrons. The van der Waals surface area contributed by atoms with Gasteiger partial charge in [-0.15, -0.1) is 0 Å². The normalized spacial score (nSPS) is 16.2. The van der Waals surface area contributed by atoms with Gasteiger partial charge in [-0.3, -0.25) is 29.4 Å². The molecule has 3 aromatic rings. The van der Waals surface area contributed by atoms with Crippen LogP contribution in [0.3, 0.4) is 0 Å². The van der Waals surface area contributed by atoms with E-state index in [1.54, 1.807) is 11.0 Å². The maximum atomic E-state index is 13.1. The van der Waals surface area contributed by atoms with Crippen molar-refractivity contribution in [2.24, 2.45) is 0 Å². The summed E-state index contributed by atoms with van der Waals surface area (Å²) in [6, 6.07) is 15.6. The number of amides is 3. The molecule has 0 atom stereocenters. The Hall–Kier alpha value is -4.65. The number of ether oxygens (including phenoxy) is 1. The predicted molar refractivity (Wildman–Crippen MR) is 143 cm³/mol. The van der Waals surface area contributed by atoms with Gasteiger partial charge in [-0.1, -0.05) is 42.5 Å². The maximum Gasteiger partial charge on any atom is 0.416 e. The molecule has 0 N–H and O–H groups in total. The summed E-state index contributed by atoms with van der Waals surface area (Å²) in [6.45, 7) is 0.407. The number of fused-ring (bicyclic) bond motifs is 1. The average Bonchev–Trinajstić information content (AvgIpc) is 3.20. The first-order valence-corrected chi connectivity index (χ1v) is 13.1. The Morgan fingerprint density at radius 3 is 2.46 bits per heavy atom. The monoisotopic (exact) mass is 583 g/mol. The van der Waals surface area contributed by atoms with Gasteiger partial charge in [0.1, 0.15) is 12.3 Å². The van der Waals surface area contributed by atoms with Crippen LogP contribution in [0.5, 0.6) is 11.5 Å². The van der Waals surface area contributed by atoms with Crippen LogP contribution in [0.25, 0.3) is 6.08 Å². The van der Waals surface area contributed by atoms with Gasteiger partial charge in [0.25, 0.3) is 11.1 Å². The fraction of sp³-hybridized carbons (Fsp3) is 0.179. The van der Waals surface area contributed by atoms with E-state index in [1.165, 1.54) is 24.3 Å².